The van der Waals surface area contributed by atoms with Crippen LogP contribution in [0.3, 0.4) is 0 Å². The highest BCUT2D eigenvalue weighted by molar-refractivity contribution is 7.10. The van der Waals surface area contributed by atoms with Crippen LogP contribution in [-0.2, 0) is 6.42 Å². The number of thiazole rings is 1. The fourth-order valence-corrected chi connectivity index (χ4v) is 2.98. The first kappa shape index (κ1) is 15.1. The summed E-state index contributed by atoms with van der Waals surface area (Å²) < 4.78 is 13.2. The van der Waals surface area contributed by atoms with E-state index in [9.17, 15) is 14.5 Å². The number of halogens is 1. The summed E-state index contributed by atoms with van der Waals surface area (Å²) in [6.45, 7) is 0. The van der Waals surface area contributed by atoms with Crippen LogP contribution in [0, 0.1) is 15.9 Å². The third-order valence-electron chi connectivity index (χ3n) is 3.35. The van der Waals surface area contributed by atoms with Crippen LogP contribution in [0.5, 0.6) is 0 Å². The predicted molar refractivity (Wildman–Crippen MR) is 87.8 cm³/mol. The number of benzene rings is 2. The van der Waals surface area contributed by atoms with Gasteiger partial charge in [0.05, 0.1) is 21.3 Å². The lowest BCUT2D eigenvalue weighted by molar-refractivity contribution is -0.384. The molecule has 0 amide bonds. The van der Waals surface area contributed by atoms with Crippen LogP contribution < -0.4 is 5.73 Å². The molecular weight excluding hydrogens is 317 g/mol. The Hall–Kier alpha value is -2.80. The number of aromatic nitrogens is 1. The van der Waals surface area contributed by atoms with Crippen molar-refractivity contribution in [3.63, 3.8) is 0 Å². The van der Waals surface area contributed by atoms with Gasteiger partial charge in [-0.3, -0.25) is 10.1 Å². The molecule has 0 fully saturated rings. The number of nitro groups is 1. The average Bonchev–Trinajstić information content (AvgIpc) is 2.99. The molecule has 3 rings (SSSR count). The van der Waals surface area contributed by atoms with Crippen molar-refractivity contribution in [1.82, 2.24) is 4.98 Å². The molecule has 0 aliphatic heterocycles. The van der Waals surface area contributed by atoms with Crippen molar-refractivity contribution < 1.29 is 9.31 Å². The summed E-state index contributed by atoms with van der Waals surface area (Å²) in [4.78, 5) is 14.7. The fourth-order valence-electron chi connectivity index (χ4n) is 2.14. The molecule has 2 N–H and O–H groups in total. The van der Waals surface area contributed by atoms with Gasteiger partial charge < -0.3 is 5.73 Å². The largest absolute Gasteiger partial charge is 0.396 e. The Kier molecular flexibility index (Phi) is 4.03. The van der Waals surface area contributed by atoms with E-state index in [2.05, 4.69) is 4.98 Å². The van der Waals surface area contributed by atoms with Crippen molar-refractivity contribution in [2.24, 2.45) is 0 Å². The standard InChI is InChI=1S/C16H12FN3O2S/c17-13-6-3-11(8-14(13)18)15-9-23-16(19-15)7-10-1-4-12(5-2-10)20(21)22/h1-6,8-9H,7,18H2. The van der Waals surface area contributed by atoms with E-state index in [1.165, 1.54) is 29.5 Å². The van der Waals surface area contributed by atoms with Gasteiger partial charge in [-0.15, -0.1) is 11.3 Å². The fraction of sp³-hybridized carbons (Fsp3) is 0.0625. The van der Waals surface area contributed by atoms with E-state index in [1.54, 1.807) is 24.3 Å². The third kappa shape index (κ3) is 3.35. The SMILES string of the molecule is Nc1cc(-c2csc(Cc3ccc([N+](=O)[O-])cc3)n2)ccc1F. The zero-order valence-electron chi connectivity index (χ0n) is 11.9. The van der Waals surface area contributed by atoms with Crippen LogP contribution >= 0.6 is 11.3 Å². The van der Waals surface area contributed by atoms with Gasteiger partial charge in [-0.1, -0.05) is 12.1 Å². The predicted octanol–water partition coefficient (Wildman–Crippen LogP) is 4.03. The zero-order valence-corrected chi connectivity index (χ0v) is 12.7. The lowest BCUT2D eigenvalue weighted by Crippen LogP contribution is -1.92. The molecule has 2 aromatic carbocycles. The highest BCUT2D eigenvalue weighted by Gasteiger charge is 2.09. The van der Waals surface area contributed by atoms with Crippen molar-refractivity contribution in [2.75, 3.05) is 5.73 Å². The number of rotatable bonds is 4. The van der Waals surface area contributed by atoms with Gasteiger partial charge in [0.2, 0.25) is 0 Å². The molecule has 0 saturated carbocycles. The maximum Gasteiger partial charge on any atom is 0.269 e. The zero-order chi connectivity index (χ0) is 16.4. The first-order chi connectivity index (χ1) is 11.0. The Labute approximate surface area is 135 Å². The summed E-state index contributed by atoms with van der Waals surface area (Å²) in [6, 6.07) is 10.9. The van der Waals surface area contributed by atoms with Crippen molar-refractivity contribution in [3.8, 4) is 11.3 Å². The summed E-state index contributed by atoms with van der Waals surface area (Å²) in [5.74, 6) is -0.449. The van der Waals surface area contributed by atoms with Crippen LogP contribution in [0.25, 0.3) is 11.3 Å². The number of hydrogen-bond acceptors (Lipinski definition) is 5. The monoisotopic (exact) mass is 329 g/mol. The number of nitrogens with two attached hydrogens (primary N) is 1. The quantitative estimate of drug-likeness (QED) is 0.445. The average molecular weight is 329 g/mol. The summed E-state index contributed by atoms with van der Waals surface area (Å²) in [5.41, 5.74) is 8.16. The molecule has 0 radical (unpaired) electrons. The molecule has 7 heteroatoms. The molecule has 0 saturated heterocycles. The minimum atomic E-state index is -0.449. The maximum absolute atomic E-state index is 13.2. The maximum atomic E-state index is 13.2. The van der Waals surface area contributed by atoms with E-state index in [4.69, 9.17) is 5.73 Å². The number of nitrogens with zero attached hydrogens (tertiary/aromatic N) is 2. The highest BCUT2D eigenvalue weighted by Crippen LogP contribution is 2.26. The lowest BCUT2D eigenvalue weighted by Gasteiger charge is -2.00. The number of nitro benzene ring substituents is 1. The van der Waals surface area contributed by atoms with E-state index in [0.717, 1.165) is 21.8 Å². The summed E-state index contributed by atoms with van der Waals surface area (Å²) in [5, 5.41) is 13.4. The molecule has 23 heavy (non-hydrogen) atoms. The van der Waals surface area contributed by atoms with Gasteiger partial charge in [-0.05, 0) is 23.8 Å². The third-order valence-corrected chi connectivity index (χ3v) is 4.19. The van der Waals surface area contributed by atoms with E-state index < -0.39 is 10.7 Å². The van der Waals surface area contributed by atoms with Gasteiger partial charge in [0, 0.05) is 29.5 Å². The first-order valence-electron chi connectivity index (χ1n) is 6.76. The minimum absolute atomic E-state index is 0.0652. The molecule has 116 valence electrons. The Balaban J connectivity index is 1.79. The second-order valence-electron chi connectivity index (χ2n) is 4.96. The van der Waals surface area contributed by atoms with Crippen molar-refractivity contribution >= 4 is 22.7 Å². The topological polar surface area (TPSA) is 82.0 Å². The van der Waals surface area contributed by atoms with Gasteiger partial charge in [0.25, 0.3) is 5.69 Å². The number of non-ortho nitro benzene ring substituents is 1. The summed E-state index contributed by atoms with van der Waals surface area (Å²) >= 11 is 1.48. The normalized spacial score (nSPS) is 10.7. The van der Waals surface area contributed by atoms with Crippen LogP contribution in [0.2, 0.25) is 0 Å². The molecule has 0 spiro atoms. The molecule has 0 unspecified atom stereocenters. The summed E-state index contributed by atoms with van der Waals surface area (Å²) in [7, 11) is 0. The molecular formula is C16H12FN3O2S. The van der Waals surface area contributed by atoms with Crippen molar-refractivity contribution in [1.29, 1.82) is 0 Å². The van der Waals surface area contributed by atoms with Crippen molar-refractivity contribution in [3.05, 3.63) is 74.3 Å². The van der Waals surface area contributed by atoms with Gasteiger partial charge in [0.15, 0.2) is 0 Å². The van der Waals surface area contributed by atoms with Gasteiger partial charge >= 0.3 is 0 Å². The van der Waals surface area contributed by atoms with Gasteiger partial charge in [-0.25, -0.2) is 9.37 Å². The molecule has 0 bridgehead atoms. The van der Waals surface area contributed by atoms with Crippen LogP contribution in [-0.4, -0.2) is 9.91 Å². The van der Waals surface area contributed by atoms with Crippen LogP contribution in [0.15, 0.2) is 47.8 Å². The van der Waals surface area contributed by atoms with Crippen LogP contribution in [0.1, 0.15) is 10.6 Å². The van der Waals surface area contributed by atoms with E-state index in [1.807, 2.05) is 5.38 Å². The minimum Gasteiger partial charge on any atom is -0.396 e. The molecule has 5 nitrogen and oxygen atoms in total. The number of anilines is 1. The number of hydrogen-bond donors (Lipinski definition) is 1. The van der Waals surface area contributed by atoms with Gasteiger partial charge in [0.1, 0.15) is 5.82 Å². The molecule has 0 aliphatic rings. The second kappa shape index (κ2) is 6.13. The number of nitrogen functional groups attached to an aromatic ring is 1. The lowest BCUT2D eigenvalue weighted by atomic mass is 10.1. The van der Waals surface area contributed by atoms with E-state index in [-0.39, 0.29) is 11.4 Å². The molecule has 3 aromatic rings. The van der Waals surface area contributed by atoms with Crippen molar-refractivity contribution in [2.45, 2.75) is 6.42 Å². The smallest absolute Gasteiger partial charge is 0.269 e. The Morgan fingerprint density at radius 1 is 1.22 bits per heavy atom. The van der Waals surface area contributed by atoms with E-state index >= 15 is 0 Å². The van der Waals surface area contributed by atoms with Crippen LogP contribution in [0.4, 0.5) is 15.8 Å². The molecule has 0 atom stereocenters. The molecule has 0 aliphatic carbocycles. The van der Waals surface area contributed by atoms with E-state index in [0.29, 0.717) is 6.42 Å². The summed E-state index contributed by atoms with van der Waals surface area (Å²) in [6.07, 6.45) is 0.583. The Morgan fingerprint density at radius 2 is 1.96 bits per heavy atom. The first-order valence-corrected chi connectivity index (χ1v) is 7.64. The molecule has 1 aromatic heterocycles. The Morgan fingerprint density at radius 3 is 2.61 bits per heavy atom. The molecule has 1 heterocycles. The Bertz CT molecular complexity index is 862. The van der Waals surface area contributed by atoms with Gasteiger partial charge in [-0.2, -0.15) is 0 Å². The second-order valence-corrected chi connectivity index (χ2v) is 5.91. The highest BCUT2D eigenvalue weighted by atomic mass is 32.1.